The summed E-state index contributed by atoms with van der Waals surface area (Å²) < 4.78 is 26.1. The predicted molar refractivity (Wildman–Crippen MR) is 62.4 cm³/mol. The molecule has 0 amide bonds. The topological polar surface area (TPSA) is 24.9 Å². The second-order valence-electron chi connectivity index (χ2n) is 3.73. The van der Waals surface area contributed by atoms with Crippen LogP contribution in [0.3, 0.4) is 0 Å². The van der Waals surface area contributed by atoms with Crippen molar-refractivity contribution in [3.05, 3.63) is 53.9 Å². The van der Waals surface area contributed by atoms with Crippen molar-refractivity contribution in [3.63, 3.8) is 0 Å². The highest BCUT2D eigenvalue weighted by Gasteiger charge is 2.03. The van der Waals surface area contributed by atoms with Crippen LogP contribution in [0.25, 0.3) is 11.1 Å². The van der Waals surface area contributed by atoms with Crippen LogP contribution in [0.1, 0.15) is 5.69 Å². The number of rotatable bonds is 3. The highest BCUT2D eigenvalue weighted by Crippen LogP contribution is 2.20. The molecule has 2 nitrogen and oxygen atoms in total. The van der Waals surface area contributed by atoms with Gasteiger partial charge in [0.15, 0.2) is 0 Å². The zero-order chi connectivity index (χ0) is 12.3. The largest absolute Gasteiger partial charge is 0.314 e. The first kappa shape index (κ1) is 11.7. The minimum absolute atomic E-state index is 0.492. The summed E-state index contributed by atoms with van der Waals surface area (Å²) in [6, 6.07) is 7.06. The summed E-state index contributed by atoms with van der Waals surface area (Å²) >= 11 is 0. The van der Waals surface area contributed by atoms with E-state index >= 15 is 0 Å². The molecule has 0 atom stereocenters. The first-order valence-corrected chi connectivity index (χ1v) is 5.25. The zero-order valence-corrected chi connectivity index (χ0v) is 9.37. The van der Waals surface area contributed by atoms with Gasteiger partial charge in [0, 0.05) is 24.4 Å². The Morgan fingerprint density at radius 3 is 2.29 bits per heavy atom. The van der Waals surface area contributed by atoms with Crippen molar-refractivity contribution in [1.82, 2.24) is 10.3 Å². The van der Waals surface area contributed by atoms with E-state index in [1.807, 2.05) is 13.1 Å². The van der Waals surface area contributed by atoms with E-state index in [9.17, 15) is 8.78 Å². The molecule has 0 radical (unpaired) electrons. The number of hydrogen-bond acceptors (Lipinski definition) is 2. The molecule has 0 unspecified atom stereocenters. The molecule has 88 valence electrons. The number of aromatic nitrogens is 1. The molecular weight excluding hydrogens is 222 g/mol. The number of halogens is 2. The predicted octanol–water partition coefficient (Wildman–Crippen LogP) is 2.75. The molecule has 2 aromatic rings. The van der Waals surface area contributed by atoms with Crippen molar-refractivity contribution in [2.45, 2.75) is 6.54 Å². The molecule has 2 rings (SSSR count). The average Bonchev–Trinajstić information content (AvgIpc) is 2.29. The molecule has 0 aliphatic rings. The van der Waals surface area contributed by atoms with E-state index < -0.39 is 11.6 Å². The van der Waals surface area contributed by atoms with Gasteiger partial charge in [-0.2, -0.15) is 0 Å². The normalized spacial score (nSPS) is 10.5. The fourth-order valence-corrected chi connectivity index (χ4v) is 1.60. The fourth-order valence-electron chi connectivity index (χ4n) is 1.60. The Morgan fingerprint density at radius 2 is 1.76 bits per heavy atom. The zero-order valence-electron chi connectivity index (χ0n) is 9.37. The summed E-state index contributed by atoms with van der Waals surface area (Å²) in [5, 5.41) is 2.98. The second-order valence-corrected chi connectivity index (χ2v) is 3.73. The van der Waals surface area contributed by atoms with E-state index in [0.29, 0.717) is 17.7 Å². The van der Waals surface area contributed by atoms with Crippen LogP contribution in [0.4, 0.5) is 8.78 Å². The fraction of sp³-hybridized carbons (Fsp3) is 0.154. The van der Waals surface area contributed by atoms with Gasteiger partial charge >= 0.3 is 0 Å². The van der Waals surface area contributed by atoms with E-state index in [1.165, 1.54) is 12.1 Å². The maximum absolute atomic E-state index is 13.0. The molecule has 0 saturated heterocycles. The van der Waals surface area contributed by atoms with Gasteiger partial charge in [-0.15, -0.1) is 0 Å². The molecule has 0 aliphatic carbocycles. The Morgan fingerprint density at radius 1 is 1.06 bits per heavy atom. The number of hydrogen-bond donors (Lipinski definition) is 1. The Labute approximate surface area is 98.3 Å². The Bertz CT molecular complexity index is 489. The van der Waals surface area contributed by atoms with Crippen molar-refractivity contribution < 1.29 is 8.78 Å². The van der Waals surface area contributed by atoms with E-state index in [2.05, 4.69) is 10.3 Å². The van der Waals surface area contributed by atoms with Crippen molar-refractivity contribution in [2.24, 2.45) is 0 Å². The van der Waals surface area contributed by atoms with Gasteiger partial charge in [0.2, 0.25) is 0 Å². The third-order valence-electron chi connectivity index (χ3n) is 2.38. The minimum Gasteiger partial charge on any atom is -0.314 e. The van der Waals surface area contributed by atoms with Gasteiger partial charge in [0.05, 0.1) is 5.69 Å². The van der Waals surface area contributed by atoms with Crippen LogP contribution in [0, 0.1) is 11.6 Å². The van der Waals surface area contributed by atoms with Crippen molar-refractivity contribution in [2.75, 3.05) is 7.05 Å². The monoisotopic (exact) mass is 234 g/mol. The Kier molecular flexibility index (Phi) is 3.44. The minimum atomic E-state index is -0.584. The molecule has 0 bridgehead atoms. The molecule has 1 heterocycles. The van der Waals surface area contributed by atoms with E-state index in [1.54, 1.807) is 12.3 Å². The highest BCUT2D eigenvalue weighted by atomic mass is 19.1. The molecule has 1 aromatic carbocycles. The van der Waals surface area contributed by atoms with Crippen LogP contribution < -0.4 is 5.32 Å². The lowest BCUT2D eigenvalue weighted by atomic mass is 10.1. The van der Waals surface area contributed by atoms with Crippen molar-refractivity contribution >= 4 is 0 Å². The number of nitrogens with one attached hydrogen (secondary N) is 1. The summed E-state index contributed by atoms with van der Waals surface area (Å²) in [5.41, 5.74) is 2.07. The summed E-state index contributed by atoms with van der Waals surface area (Å²) in [4.78, 5) is 4.20. The average molecular weight is 234 g/mol. The van der Waals surface area contributed by atoms with Gasteiger partial charge in [-0.25, -0.2) is 8.78 Å². The summed E-state index contributed by atoms with van der Waals surface area (Å²) in [5.74, 6) is -1.17. The Hall–Kier alpha value is -1.81. The van der Waals surface area contributed by atoms with Crippen LogP contribution in [-0.4, -0.2) is 12.0 Å². The van der Waals surface area contributed by atoms with Gasteiger partial charge in [-0.05, 0) is 30.8 Å². The van der Waals surface area contributed by atoms with Crippen LogP contribution in [-0.2, 0) is 6.54 Å². The second kappa shape index (κ2) is 5.01. The SMILES string of the molecule is CNCc1ccc(-c2cc(F)cc(F)c2)cn1. The molecule has 4 heteroatoms. The quantitative estimate of drug-likeness (QED) is 0.883. The summed E-state index contributed by atoms with van der Waals surface area (Å²) in [6.07, 6.45) is 1.61. The van der Waals surface area contributed by atoms with Gasteiger partial charge in [0.25, 0.3) is 0 Å². The molecule has 1 aromatic heterocycles. The smallest absolute Gasteiger partial charge is 0.126 e. The molecule has 0 fully saturated rings. The number of pyridine rings is 1. The molecule has 0 aliphatic heterocycles. The maximum Gasteiger partial charge on any atom is 0.126 e. The van der Waals surface area contributed by atoms with Crippen molar-refractivity contribution in [1.29, 1.82) is 0 Å². The van der Waals surface area contributed by atoms with Gasteiger partial charge in [-0.1, -0.05) is 6.07 Å². The summed E-state index contributed by atoms with van der Waals surface area (Å²) in [7, 11) is 1.83. The first-order valence-electron chi connectivity index (χ1n) is 5.25. The van der Waals surface area contributed by atoms with Gasteiger partial charge in [0.1, 0.15) is 11.6 Å². The summed E-state index contributed by atoms with van der Waals surface area (Å²) in [6.45, 7) is 0.664. The number of benzene rings is 1. The maximum atomic E-state index is 13.0. The van der Waals surface area contributed by atoms with Crippen LogP contribution in [0.15, 0.2) is 36.5 Å². The van der Waals surface area contributed by atoms with E-state index in [0.717, 1.165) is 11.8 Å². The van der Waals surface area contributed by atoms with Gasteiger partial charge in [-0.3, -0.25) is 4.98 Å². The highest BCUT2D eigenvalue weighted by molar-refractivity contribution is 5.62. The van der Waals surface area contributed by atoms with Crippen LogP contribution in [0.5, 0.6) is 0 Å². The lowest BCUT2D eigenvalue weighted by Crippen LogP contribution is -2.06. The van der Waals surface area contributed by atoms with Crippen molar-refractivity contribution in [3.8, 4) is 11.1 Å². The third-order valence-corrected chi connectivity index (χ3v) is 2.38. The first-order chi connectivity index (χ1) is 8.19. The lowest BCUT2D eigenvalue weighted by Gasteiger charge is -2.04. The van der Waals surface area contributed by atoms with Crippen LogP contribution >= 0.6 is 0 Å². The lowest BCUT2D eigenvalue weighted by molar-refractivity contribution is 0.584. The van der Waals surface area contributed by atoms with E-state index in [4.69, 9.17) is 0 Å². The molecular formula is C13H12F2N2. The molecule has 1 N–H and O–H groups in total. The van der Waals surface area contributed by atoms with E-state index in [-0.39, 0.29) is 0 Å². The number of nitrogens with zero attached hydrogens (tertiary/aromatic N) is 1. The Balaban J connectivity index is 2.32. The third kappa shape index (κ3) is 2.85. The molecule has 0 spiro atoms. The molecule has 17 heavy (non-hydrogen) atoms. The van der Waals surface area contributed by atoms with Crippen LogP contribution in [0.2, 0.25) is 0 Å². The molecule has 0 saturated carbocycles. The van der Waals surface area contributed by atoms with Gasteiger partial charge < -0.3 is 5.32 Å². The standard InChI is InChI=1S/C13H12F2N2/c1-16-8-13-3-2-9(7-17-13)10-4-11(14)6-12(15)5-10/h2-7,16H,8H2,1H3.